The first-order valence-corrected chi connectivity index (χ1v) is 14.0. The standard InChI is InChI=1S/C31H36N4O3/c1-18(2)16-25(29(36)32-19-10-4-3-5-11-19)34-30(37)26-17-23-20-12-8-9-15-24(20)33-27(23)28-21-13-6-7-14-22(21)31(38)35(26)28/h6-9,12-15,18-19,25-26,28,33H,3-5,10-11,16-17H2,1-2H3,(H,32,36)(H,34,37)/t25-,26-,28?/m0/s1. The van der Waals surface area contributed by atoms with Crippen LogP contribution in [0.1, 0.15) is 85.6 Å². The van der Waals surface area contributed by atoms with Gasteiger partial charge in [0.1, 0.15) is 12.1 Å². The van der Waals surface area contributed by atoms with Crippen molar-refractivity contribution >= 4 is 28.6 Å². The van der Waals surface area contributed by atoms with Gasteiger partial charge < -0.3 is 20.5 Å². The Bertz CT molecular complexity index is 1390. The quantitative estimate of drug-likeness (QED) is 0.450. The summed E-state index contributed by atoms with van der Waals surface area (Å²) in [6, 6.07) is 14.2. The van der Waals surface area contributed by atoms with E-state index >= 15 is 0 Å². The molecule has 3 aliphatic rings. The Morgan fingerprint density at radius 1 is 1.03 bits per heavy atom. The minimum atomic E-state index is -0.705. The molecule has 3 N–H and O–H groups in total. The summed E-state index contributed by atoms with van der Waals surface area (Å²) in [5.41, 5.74) is 4.59. The summed E-state index contributed by atoms with van der Waals surface area (Å²) in [6.07, 6.45) is 6.39. The van der Waals surface area contributed by atoms with Crippen molar-refractivity contribution in [1.82, 2.24) is 20.5 Å². The van der Waals surface area contributed by atoms with E-state index in [0.29, 0.717) is 18.4 Å². The molecule has 3 atom stereocenters. The molecule has 0 bridgehead atoms. The molecule has 3 amide bonds. The van der Waals surface area contributed by atoms with E-state index < -0.39 is 12.1 Å². The molecule has 0 saturated heterocycles. The highest BCUT2D eigenvalue weighted by Gasteiger charge is 2.49. The summed E-state index contributed by atoms with van der Waals surface area (Å²) in [4.78, 5) is 46.3. The number of aromatic nitrogens is 1. The number of aromatic amines is 1. The number of benzene rings is 2. The Hall–Kier alpha value is -3.61. The van der Waals surface area contributed by atoms with Gasteiger partial charge in [0.05, 0.1) is 6.04 Å². The van der Waals surface area contributed by atoms with Crippen LogP contribution in [0, 0.1) is 5.92 Å². The topological polar surface area (TPSA) is 94.3 Å². The number of amides is 3. The van der Waals surface area contributed by atoms with E-state index in [4.69, 9.17) is 0 Å². The van der Waals surface area contributed by atoms with Crippen molar-refractivity contribution in [1.29, 1.82) is 0 Å². The van der Waals surface area contributed by atoms with Gasteiger partial charge in [-0.05, 0) is 48.4 Å². The summed E-state index contributed by atoms with van der Waals surface area (Å²) >= 11 is 0. The first-order chi connectivity index (χ1) is 18.4. The van der Waals surface area contributed by atoms with Crippen molar-refractivity contribution in [2.45, 2.75) is 83.0 Å². The molecule has 3 heterocycles. The van der Waals surface area contributed by atoms with Gasteiger partial charge in [-0.3, -0.25) is 14.4 Å². The average molecular weight is 513 g/mol. The Morgan fingerprint density at radius 2 is 1.76 bits per heavy atom. The largest absolute Gasteiger partial charge is 0.356 e. The monoisotopic (exact) mass is 512 g/mol. The van der Waals surface area contributed by atoms with Crippen molar-refractivity contribution in [3.8, 4) is 0 Å². The summed E-state index contributed by atoms with van der Waals surface area (Å²) in [5, 5.41) is 7.36. The van der Waals surface area contributed by atoms with Gasteiger partial charge >= 0.3 is 0 Å². The third kappa shape index (κ3) is 4.28. The SMILES string of the molecule is CC(C)C[C@H](NC(=O)[C@@H]1Cc2c([nH]c3ccccc23)C2c3ccccc3C(=O)N21)C(=O)NC1CCCCC1. The lowest BCUT2D eigenvalue weighted by atomic mass is 9.89. The average Bonchev–Trinajstić information content (AvgIpc) is 3.44. The second kappa shape index (κ2) is 9.93. The second-order valence-corrected chi connectivity index (χ2v) is 11.5. The number of para-hydroxylation sites is 1. The molecule has 2 aromatic carbocycles. The smallest absolute Gasteiger partial charge is 0.255 e. The summed E-state index contributed by atoms with van der Waals surface area (Å²) in [7, 11) is 0. The van der Waals surface area contributed by atoms with Crippen LogP contribution in [0.25, 0.3) is 10.9 Å². The van der Waals surface area contributed by atoms with Gasteiger partial charge in [-0.1, -0.05) is 69.5 Å². The van der Waals surface area contributed by atoms with Crippen molar-refractivity contribution in [2.75, 3.05) is 0 Å². The molecule has 38 heavy (non-hydrogen) atoms. The molecule has 1 aliphatic carbocycles. The van der Waals surface area contributed by atoms with E-state index in [0.717, 1.165) is 53.4 Å². The molecule has 0 radical (unpaired) electrons. The van der Waals surface area contributed by atoms with Gasteiger partial charge in [0, 0.05) is 34.6 Å². The Labute approximate surface area is 223 Å². The van der Waals surface area contributed by atoms with Gasteiger partial charge in [0.2, 0.25) is 11.8 Å². The van der Waals surface area contributed by atoms with E-state index in [1.807, 2.05) is 42.5 Å². The van der Waals surface area contributed by atoms with Crippen molar-refractivity contribution in [2.24, 2.45) is 5.92 Å². The van der Waals surface area contributed by atoms with E-state index in [1.54, 1.807) is 4.90 Å². The van der Waals surface area contributed by atoms with Crippen LogP contribution in [-0.2, 0) is 16.0 Å². The lowest BCUT2D eigenvalue weighted by Crippen LogP contribution is -2.57. The van der Waals surface area contributed by atoms with Crippen LogP contribution in [-0.4, -0.2) is 45.7 Å². The zero-order valence-corrected chi connectivity index (χ0v) is 22.1. The molecule has 2 aliphatic heterocycles. The maximum Gasteiger partial charge on any atom is 0.255 e. The number of hydrogen-bond donors (Lipinski definition) is 3. The molecule has 1 fully saturated rings. The normalized spacial score (nSPS) is 21.7. The summed E-state index contributed by atoms with van der Waals surface area (Å²) in [5.74, 6) is -0.289. The van der Waals surface area contributed by atoms with Crippen LogP contribution in [0.4, 0.5) is 0 Å². The van der Waals surface area contributed by atoms with Gasteiger partial charge in [0.15, 0.2) is 0 Å². The number of nitrogens with one attached hydrogen (secondary N) is 3. The van der Waals surface area contributed by atoms with Gasteiger partial charge in [-0.15, -0.1) is 0 Å². The van der Waals surface area contributed by atoms with Crippen LogP contribution in [0.2, 0.25) is 0 Å². The zero-order chi connectivity index (χ0) is 26.4. The molecule has 1 aromatic heterocycles. The van der Waals surface area contributed by atoms with Crippen molar-refractivity contribution < 1.29 is 14.4 Å². The number of carbonyl (C=O) groups excluding carboxylic acids is 3. The molecule has 0 spiro atoms. The predicted octanol–water partition coefficient (Wildman–Crippen LogP) is 4.62. The van der Waals surface area contributed by atoms with Crippen LogP contribution in [0.5, 0.6) is 0 Å². The highest BCUT2D eigenvalue weighted by atomic mass is 16.2. The van der Waals surface area contributed by atoms with Crippen molar-refractivity contribution in [3.63, 3.8) is 0 Å². The Kier molecular flexibility index (Phi) is 6.46. The second-order valence-electron chi connectivity index (χ2n) is 11.5. The van der Waals surface area contributed by atoms with Crippen molar-refractivity contribution in [3.05, 3.63) is 70.9 Å². The molecule has 1 saturated carbocycles. The minimum absolute atomic E-state index is 0.116. The van der Waals surface area contributed by atoms with E-state index in [1.165, 1.54) is 6.42 Å². The predicted molar refractivity (Wildman–Crippen MR) is 147 cm³/mol. The highest BCUT2D eigenvalue weighted by molar-refractivity contribution is 6.04. The third-order valence-corrected chi connectivity index (χ3v) is 8.45. The molecule has 7 nitrogen and oxygen atoms in total. The van der Waals surface area contributed by atoms with Crippen LogP contribution in [0.3, 0.4) is 0 Å². The fraction of sp³-hybridized carbons (Fsp3) is 0.452. The Balaban J connectivity index is 1.33. The third-order valence-electron chi connectivity index (χ3n) is 8.45. The molecular weight excluding hydrogens is 476 g/mol. The zero-order valence-electron chi connectivity index (χ0n) is 22.1. The molecule has 1 unspecified atom stereocenters. The number of H-pyrrole nitrogens is 1. The lowest BCUT2D eigenvalue weighted by molar-refractivity contribution is -0.132. The first-order valence-electron chi connectivity index (χ1n) is 14.0. The number of fused-ring (bicyclic) bond motifs is 7. The molecule has 7 heteroatoms. The van der Waals surface area contributed by atoms with Gasteiger partial charge in [-0.2, -0.15) is 0 Å². The van der Waals surface area contributed by atoms with E-state index in [2.05, 4.69) is 35.5 Å². The minimum Gasteiger partial charge on any atom is -0.356 e. The maximum absolute atomic E-state index is 14.0. The molecule has 6 rings (SSSR count). The van der Waals surface area contributed by atoms with Gasteiger partial charge in [0.25, 0.3) is 5.91 Å². The fourth-order valence-electron chi connectivity index (χ4n) is 6.66. The van der Waals surface area contributed by atoms with E-state index in [9.17, 15) is 14.4 Å². The van der Waals surface area contributed by atoms with E-state index in [-0.39, 0.29) is 35.7 Å². The number of hydrogen-bond acceptors (Lipinski definition) is 3. The van der Waals surface area contributed by atoms with Gasteiger partial charge in [-0.25, -0.2) is 0 Å². The number of rotatable bonds is 6. The number of carbonyl (C=O) groups is 3. The summed E-state index contributed by atoms with van der Waals surface area (Å²) in [6.45, 7) is 4.12. The molecular formula is C31H36N4O3. The first kappa shape index (κ1) is 24.7. The maximum atomic E-state index is 14.0. The number of nitrogens with zero attached hydrogens (tertiary/aromatic N) is 1. The molecule has 198 valence electrons. The highest BCUT2D eigenvalue weighted by Crippen LogP contribution is 2.46. The molecule has 3 aromatic rings. The van der Waals surface area contributed by atoms with Crippen LogP contribution < -0.4 is 10.6 Å². The van der Waals surface area contributed by atoms with Crippen LogP contribution >= 0.6 is 0 Å². The fourth-order valence-corrected chi connectivity index (χ4v) is 6.66. The lowest BCUT2D eigenvalue weighted by Gasteiger charge is -2.38. The Morgan fingerprint density at radius 3 is 2.55 bits per heavy atom. The van der Waals surface area contributed by atoms with Crippen LogP contribution in [0.15, 0.2) is 48.5 Å². The summed E-state index contributed by atoms with van der Waals surface area (Å²) < 4.78 is 0.